The average molecular weight is 288 g/mol. The Kier molecular flexibility index (Phi) is 5.46. The quantitative estimate of drug-likeness (QED) is 0.870. The van der Waals surface area contributed by atoms with E-state index in [1.165, 1.54) is 16.4 Å². The summed E-state index contributed by atoms with van der Waals surface area (Å²) in [4.78, 5) is 0.0393. The molecule has 0 saturated heterocycles. The van der Waals surface area contributed by atoms with Gasteiger partial charge in [-0.2, -0.15) is 4.31 Å². The zero-order valence-electron chi connectivity index (χ0n) is 11.8. The molecule has 19 heavy (non-hydrogen) atoms. The first-order valence-electron chi connectivity index (χ1n) is 6.29. The summed E-state index contributed by atoms with van der Waals surface area (Å²) in [6, 6.07) is 3.71. The number of benzene rings is 1. The highest BCUT2D eigenvalue weighted by atomic mass is 32.2. The summed E-state index contributed by atoms with van der Waals surface area (Å²) in [5.41, 5.74) is 0.572. The maximum absolute atomic E-state index is 13.4. The predicted molar refractivity (Wildman–Crippen MR) is 73.9 cm³/mol. The third kappa shape index (κ3) is 3.52. The first kappa shape index (κ1) is 16.1. The minimum atomic E-state index is -3.67. The van der Waals surface area contributed by atoms with Crippen LogP contribution in [0.5, 0.6) is 0 Å². The zero-order valence-corrected chi connectivity index (χ0v) is 12.6. The van der Waals surface area contributed by atoms with Crippen molar-refractivity contribution in [3.63, 3.8) is 0 Å². The molecule has 1 rings (SSSR count). The second-order valence-corrected chi connectivity index (χ2v) is 6.44. The van der Waals surface area contributed by atoms with Crippen LogP contribution >= 0.6 is 0 Å². The van der Waals surface area contributed by atoms with E-state index in [0.717, 1.165) is 6.07 Å². The molecule has 1 N–H and O–H groups in total. The van der Waals surface area contributed by atoms with E-state index in [4.69, 9.17) is 0 Å². The fourth-order valence-corrected chi connectivity index (χ4v) is 3.92. The van der Waals surface area contributed by atoms with Crippen molar-refractivity contribution >= 4 is 10.0 Å². The van der Waals surface area contributed by atoms with Crippen LogP contribution in [-0.2, 0) is 16.6 Å². The van der Waals surface area contributed by atoms with Crippen molar-refractivity contribution in [2.45, 2.75) is 38.3 Å². The van der Waals surface area contributed by atoms with Crippen LogP contribution in [0.15, 0.2) is 23.1 Å². The molecule has 0 aliphatic carbocycles. The average Bonchev–Trinajstić information content (AvgIpc) is 2.31. The number of nitrogens with one attached hydrogen (secondary N) is 1. The Morgan fingerprint density at radius 1 is 1.37 bits per heavy atom. The lowest BCUT2D eigenvalue weighted by atomic mass is 10.2. The van der Waals surface area contributed by atoms with E-state index in [1.54, 1.807) is 27.8 Å². The Hall–Kier alpha value is -0.980. The maximum Gasteiger partial charge on any atom is 0.243 e. The van der Waals surface area contributed by atoms with Gasteiger partial charge >= 0.3 is 0 Å². The van der Waals surface area contributed by atoms with Crippen molar-refractivity contribution in [2.24, 2.45) is 0 Å². The Balaban J connectivity index is 3.37. The molecule has 0 unspecified atom stereocenters. The van der Waals surface area contributed by atoms with Crippen molar-refractivity contribution in [3.05, 3.63) is 29.6 Å². The van der Waals surface area contributed by atoms with E-state index >= 15 is 0 Å². The Morgan fingerprint density at radius 3 is 2.47 bits per heavy atom. The van der Waals surface area contributed by atoms with Crippen LogP contribution in [0.4, 0.5) is 4.39 Å². The highest BCUT2D eigenvalue weighted by molar-refractivity contribution is 7.89. The van der Waals surface area contributed by atoms with Crippen LogP contribution in [0.3, 0.4) is 0 Å². The van der Waals surface area contributed by atoms with Gasteiger partial charge in [0.05, 0.1) is 4.90 Å². The smallest absolute Gasteiger partial charge is 0.243 e. The molecule has 0 aliphatic heterocycles. The highest BCUT2D eigenvalue weighted by Gasteiger charge is 2.28. The van der Waals surface area contributed by atoms with Crippen LogP contribution in [0.1, 0.15) is 26.3 Å². The summed E-state index contributed by atoms with van der Waals surface area (Å²) in [6.07, 6.45) is 0. The zero-order chi connectivity index (χ0) is 14.6. The summed E-state index contributed by atoms with van der Waals surface area (Å²) < 4.78 is 39.9. The number of hydrogen-bond acceptors (Lipinski definition) is 3. The van der Waals surface area contributed by atoms with Gasteiger partial charge in [0.1, 0.15) is 5.82 Å². The number of nitrogens with zero attached hydrogens (tertiary/aromatic N) is 1. The summed E-state index contributed by atoms with van der Waals surface area (Å²) in [5.74, 6) is -0.543. The highest BCUT2D eigenvalue weighted by Crippen LogP contribution is 2.23. The lowest BCUT2D eigenvalue weighted by molar-refractivity contribution is 0.368. The third-order valence-corrected chi connectivity index (χ3v) is 5.10. The van der Waals surface area contributed by atoms with Gasteiger partial charge in [-0.05, 0) is 38.6 Å². The van der Waals surface area contributed by atoms with Crippen molar-refractivity contribution in [3.8, 4) is 0 Å². The molecule has 0 radical (unpaired) electrons. The van der Waals surface area contributed by atoms with Crippen molar-refractivity contribution in [2.75, 3.05) is 13.6 Å². The van der Waals surface area contributed by atoms with Gasteiger partial charge in [0.2, 0.25) is 10.0 Å². The van der Waals surface area contributed by atoms with Crippen LogP contribution in [0, 0.1) is 5.82 Å². The molecule has 0 amide bonds. The van der Waals surface area contributed by atoms with Gasteiger partial charge in [0, 0.05) is 19.1 Å². The van der Waals surface area contributed by atoms with E-state index in [9.17, 15) is 12.8 Å². The molecule has 6 heteroatoms. The molecule has 0 saturated carbocycles. The second kappa shape index (κ2) is 6.45. The van der Waals surface area contributed by atoms with E-state index in [2.05, 4.69) is 5.32 Å². The van der Waals surface area contributed by atoms with Crippen LogP contribution in [0.2, 0.25) is 0 Å². The largest absolute Gasteiger partial charge is 0.316 e. The standard InChI is InChI=1S/C13H21FN2O2S/c1-5-16(10(2)3)19(17,18)13-8-12(14)7-6-11(13)9-15-4/h6-8,10,15H,5,9H2,1-4H3. The molecular formula is C13H21FN2O2S. The summed E-state index contributed by atoms with van der Waals surface area (Å²) in [5, 5.41) is 2.90. The fraction of sp³-hybridized carbons (Fsp3) is 0.538. The molecule has 0 aliphatic rings. The van der Waals surface area contributed by atoms with Crippen LogP contribution in [-0.4, -0.2) is 32.4 Å². The van der Waals surface area contributed by atoms with Gasteiger partial charge < -0.3 is 5.32 Å². The van der Waals surface area contributed by atoms with Crippen molar-refractivity contribution < 1.29 is 12.8 Å². The third-order valence-electron chi connectivity index (χ3n) is 2.87. The van der Waals surface area contributed by atoms with Gasteiger partial charge in [-0.3, -0.25) is 0 Å². The Morgan fingerprint density at radius 2 is 2.00 bits per heavy atom. The van der Waals surface area contributed by atoms with Crippen molar-refractivity contribution in [1.82, 2.24) is 9.62 Å². The minimum absolute atomic E-state index is 0.0393. The number of sulfonamides is 1. The fourth-order valence-electron chi connectivity index (χ4n) is 2.04. The number of rotatable bonds is 6. The summed E-state index contributed by atoms with van der Waals surface area (Å²) in [6.45, 7) is 6.12. The number of halogens is 1. The first-order valence-corrected chi connectivity index (χ1v) is 7.73. The molecule has 1 aromatic rings. The minimum Gasteiger partial charge on any atom is -0.316 e. The van der Waals surface area contributed by atoms with Gasteiger partial charge in [0.15, 0.2) is 0 Å². The van der Waals surface area contributed by atoms with Crippen LogP contribution < -0.4 is 5.32 Å². The second-order valence-electron chi connectivity index (χ2n) is 4.58. The van der Waals surface area contributed by atoms with E-state index in [1.807, 2.05) is 0 Å². The molecule has 0 fully saturated rings. The van der Waals surface area contributed by atoms with Gasteiger partial charge in [0.25, 0.3) is 0 Å². The normalized spacial score (nSPS) is 12.4. The summed E-state index contributed by atoms with van der Waals surface area (Å²) >= 11 is 0. The summed E-state index contributed by atoms with van der Waals surface area (Å²) in [7, 11) is -1.95. The van der Waals surface area contributed by atoms with E-state index in [0.29, 0.717) is 18.7 Å². The van der Waals surface area contributed by atoms with Gasteiger partial charge in [-0.25, -0.2) is 12.8 Å². The van der Waals surface area contributed by atoms with E-state index in [-0.39, 0.29) is 10.9 Å². The molecular weight excluding hydrogens is 267 g/mol. The molecule has 0 atom stereocenters. The lowest BCUT2D eigenvalue weighted by Crippen LogP contribution is -2.37. The Labute approximate surface area is 114 Å². The molecule has 1 aromatic carbocycles. The molecule has 0 heterocycles. The van der Waals surface area contributed by atoms with Crippen molar-refractivity contribution in [1.29, 1.82) is 0 Å². The SMILES string of the molecule is CCN(C(C)C)S(=O)(=O)c1cc(F)ccc1CNC. The number of hydrogen-bond donors (Lipinski definition) is 1. The molecule has 0 bridgehead atoms. The van der Waals surface area contributed by atoms with Crippen LogP contribution in [0.25, 0.3) is 0 Å². The topological polar surface area (TPSA) is 49.4 Å². The molecule has 0 spiro atoms. The predicted octanol–water partition coefficient (Wildman–Crippen LogP) is 1.96. The van der Waals surface area contributed by atoms with E-state index < -0.39 is 15.8 Å². The molecule has 0 aromatic heterocycles. The van der Waals surface area contributed by atoms with Gasteiger partial charge in [-0.15, -0.1) is 0 Å². The Bertz CT molecular complexity index is 529. The maximum atomic E-state index is 13.4. The van der Waals surface area contributed by atoms with Gasteiger partial charge in [-0.1, -0.05) is 13.0 Å². The lowest BCUT2D eigenvalue weighted by Gasteiger charge is -2.25. The molecule has 4 nitrogen and oxygen atoms in total. The monoisotopic (exact) mass is 288 g/mol. The molecule has 108 valence electrons. The first-order chi connectivity index (χ1) is 8.84.